The Hall–Kier alpha value is -1.80. The van der Waals surface area contributed by atoms with E-state index in [-0.39, 0.29) is 10.6 Å². The smallest absolute Gasteiger partial charge is 0.352 e. The maximum atomic E-state index is 12.2. The molecule has 0 aliphatic heterocycles. The number of anilines is 1. The van der Waals surface area contributed by atoms with E-state index in [2.05, 4.69) is 25.6 Å². The van der Waals surface area contributed by atoms with Crippen LogP contribution in [-0.2, 0) is 10.0 Å². The van der Waals surface area contributed by atoms with Crippen LogP contribution in [0.4, 0.5) is 5.69 Å². The topological polar surface area (TPSA) is 99.3 Å². The molecule has 2 rings (SSSR count). The number of hydrogen-bond donors (Lipinski definition) is 3. The second-order valence-corrected chi connectivity index (χ2v) is 6.72. The van der Waals surface area contributed by atoms with Gasteiger partial charge < -0.3 is 10.1 Å². The molecule has 0 amide bonds. The predicted molar refractivity (Wildman–Crippen MR) is 77.4 cm³/mol. The van der Waals surface area contributed by atoms with E-state index < -0.39 is 16.0 Å². The van der Waals surface area contributed by atoms with Crippen molar-refractivity contribution in [3.8, 4) is 0 Å². The van der Waals surface area contributed by atoms with Crippen LogP contribution < -0.4 is 4.72 Å². The molecular weight excluding hydrogens is 348 g/mol. The van der Waals surface area contributed by atoms with Gasteiger partial charge in [0.1, 0.15) is 10.6 Å². The van der Waals surface area contributed by atoms with Gasteiger partial charge >= 0.3 is 5.97 Å². The highest BCUT2D eigenvalue weighted by Gasteiger charge is 2.19. The van der Waals surface area contributed by atoms with Crippen molar-refractivity contribution in [2.75, 3.05) is 4.72 Å². The molecule has 1 aromatic carbocycles. The largest absolute Gasteiger partial charge is 0.477 e. The molecule has 0 atom stereocenters. The molecule has 6 nitrogen and oxygen atoms in total. The maximum absolute atomic E-state index is 12.2. The van der Waals surface area contributed by atoms with E-state index in [0.717, 1.165) is 22.3 Å². The summed E-state index contributed by atoms with van der Waals surface area (Å²) in [6.45, 7) is 1.77. The maximum Gasteiger partial charge on any atom is 0.352 e. The molecule has 106 valence electrons. The lowest BCUT2D eigenvalue weighted by atomic mass is 10.2. The average molecular weight is 359 g/mol. The summed E-state index contributed by atoms with van der Waals surface area (Å²) in [4.78, 5) is 13.0. The molecule has 1 aromatic heterocycles. The minimum Gasteiger partial charge on any atom is -0.477 e. The molecule has 8 heteroatoms. The SMILES string of the molecule is Cc1ccc(Br)cc1NS(=O)(=O)c1c[nH]c(C(=O)O)c1. The molecular formula is C12H11BrN2O4S. The van der Waals surface area contributed by atoms with Gasteiger partial charge in [0, 0.05) is 10.7 Å². The number of halogens is 1. The molecule has 0 bridgehead atoms. The van der Waals surface area contributed by atoms with E-state index in [1.165, 1.54) is 0 Å². The van der Waals surface area contributed by atoms with Gasteiger partial charge in [-0.15, -0.1) is 0 Å². The second-order valence-electron chi connectivity index (χ2n) is 4.12. The second kappa shape index (κ2) is 5.29. The number of aromatic nitrogens is 1. The molecule has 20 heavy (non-hydrogen) atoms. The van der Waals surface area contributed by atoms with Crippen LogP contribution in [0.5, 0.6) is 0 Å². The molecule has 0 aliphatic rings. The lowest BCUT2D eigenvalue weighted by Crippen LogP contribution is -2.13. The zero-order valence-electron chi connectivity index (χ0n) is 10.3. The standard InChI is InChI=1S/C12H11BrN2O4S/c1-7-2-3-8(13)4-10(7)15-20(18,19)9-5-11(12(16)17)14-6-9/h2-6,14-15H,1H3,(H,16,17). The van der Waals surface area contributed by atoms with Crippen molar-refractivity contribution < 1.29 is 18.3 Å². The number of sulfonamides is 1. The number of carbonyl (C=O) groups is 1. The summed E-state index contributed by atoms with van der Waals surface area (Å²) in [5.41, 5.74) is 1.000. The first-order chi connectivity index (χ1) is 9.29. The number of nitrogens with one attached hydrogen (secondary N) is 2. The number of H-pyrrole nitrogens is 1. The van der Waals surface area contributed by atoms with Crippen LogP contribution in [0.3, 0.4) is 0 Å². The summed E-state index contributed by atoms with van der Waals surface area (Å²) in [7, 11) is -3.83. The number of aromatic carboxylic acids is 1. The lowest BCUT2D eigenvalue weighted by Gasteiger charge is -2.09. The third-order valence-electron chi connectivity index (χ3n) is 2.64. The monoisotopic (exact) mass is 358 g/mol. The van der Waals surface area contributed by atoms with E-state index in [4.69, 9.17) is 5.11 Å². The molecule has 0 unspecified atom stereocenters. The number of aromatic amines is 1. The Bertz CT molecular complexity index is 768. The molecule has 2 aromatic rings. The van der Waals surface area contributed by atoms with Gasteiger partial charge in [0.15, 0.2) is 0 Å². The minimum absolute atomic E-state index is 0.130. The van der Waals surface area contributed by atoms with E-state index in [1.54, 1.807) is 25.1 Å². The molecule has 0 saturated heterocycles. The summed E-state index contributed by atoms with van der Waals surface area (Å²) in [6, 6.07) is 6.27. The average Bonchev–Trinajstić information content (AvgIpc) is 2.84. The van der Waals surface area contributed by atoms with Gasteiger partial charge in [-0.2, -0.15) is 0 Å². The van der Waals surface area contributed by atoms with Gasteiger partial charge in [-0.25, -0.2) is 13.2 Å². The number of benzene rings is 1. The van der Waals surface area contributed by atoms with Crippen LogP contribution in [0.25, 0.3) is 0 Å². The predicted octanol–water partition coefficient (Wildman–Crippen LogP) is 2.58. The van der Waals surface area contributed by atoms with Gasteiger partial charge in [-0.1, -0.05) is 22.0 Å². The fourth-order valence-electron chi connectivity index (χ4n) is 1.56. The van der Waals surface area contributed by atoms with E-state index in [0.29, 0.717) is 5.69 Å². The van der Waals surface area contributed by atoms with E-state index in [1.807, 2.05) is 0 Å². The molecule has 0 radical (unpaired) electrons. The molecule has 0 aliphatic carbocycles. The molecule has 0 fully saturated rings. The normalized spacial score (nSPS) is 11.3. The van der Waals surface area contributed by atoms with Crippen molar-refractivity contribution in [1.82, 2.24) is 4.98 Å². The number of aryl methyl sites for hydroxylation is 1. The number of rotatable bonds is 4. The van der Waals surface area contributed by atoms with Crippen molar-refractivity contribution >= 4 is 37.6 Å². The highest BCUT2D eigenvalue weighted by Crippen LogP contribution is 2.24. The van der Waals surface area contributed by atoms with Crippen molar-refractivity contribution in [2.24, 2.45) is 0 Å². The van der Waals surface area contributed by atoms with Crippen molar-refractivity contribution in [2.45, 2.75) is 11.8 Å². The van der Waals surface area contributed by atoms with Gasteiger partial charge in [0.25, 0.3) is 10.0 Å². The van der Waals surface area contributed by atoms with Crippen molar-refractivity contribution in [1.29, 1.82) is 0 Å². The highest BCUT2D eigenvalue weighted by atomic mass is 79.9. The Balaban J connectivity index is 2.35. The first-order valence-corrected chi connectivity index (χ1v) is 7.78. The third-order valence-corrected chi connectivity index (χ3v) is 4.48. The third kappa shape index (κ3) is 3.02. The Kier molecular flexibility index (Phi) is 3.87. The van der Waals surface area contributed by atoms with Crippen LogP contribution in [0.2, 0.25) is 0 Å². The van der Waals surface area contributed by atoms with Gasteiger partial charge in [-0.3, -0.25) is 4.72 Å². The highest BCUT2D eigenvalue weighted by molar-refractivity contribution is 9.10. The van der Waals surface area contributed by atoms with Crippen LogP contribution in [0.15, 0.2) is 39.8 Å². The van der Waals surface area contributed by atoms with Crippen molar-refractivity contribution in [3.63, 3.8) is 0 Å². The quantitative estimate of drug-likeness (QED) is 0.781. The first-order valence-electron chi connectivity index (χ1n) is 5.50. The Morgan fingerprint density at radius 3 is 2.65 bits per heavy atom. The molecule has 3 N–H and O–H groups in total. The van der Waals surface area contributed by atoms with Crippen molar-refractivity contribution in [3.05, 3.63) is 46.2 Å². The van der Waals surface area contributed by atoms with E-state index in [9.17, 15) is 13.2 Å². The van der Waals surface area contributed by atoms with Crippen LogP contribution in [-0.4, -0.2) is 24.5 Å². The van der Waals surface area contributed by atoms with Gasteiger partial charge in [0.2, 0.25) is 0 Å². The Morgan fingerprint density at radius 1 is 1.35 bits per heavy atom. The van der Waals surface area contributed by atoms with Crippen LogP contribution >= 0.6 is 15.9 Å². The lowest BCUT2D eigenvalue weighted by molar-refractivity contribution is 0.0691. The summed E-state index contributed by atoms with van der Waals surface area (Å²) >= 11 is 3.26. The Morgan fingerprint density at radius 2 is 2.05 bits per heavy atom. The number of carboxylic acid groups (broad SMARTS) is 1. The summed E-state index contributed by atoms with van der Waals surface area (Å²) < 4.78 is 27.5. The minimum atomic E-state index is -3.83. The first kappa shape index (κ1) is 14.6. The van der Waals surface area contributed by atoms with Gasteiger partial charge in [-0.05, 0) is 30.7 Å². The number of carboxylic acids is 1. The summed E-state index contributed by atoms with van der Waals surface area (Å²) in [5.74, 6) is -1.22. The Labute approximate surface area is 124 Å². The zero-order chi connectivity index (χ0) is 14.9. The zero-order valence-corrected chi connectivity index (χ0v) is 12.7. The molecule has 0 spiro atoms. The summed E-state index contributed by atoms with van der Waals surface area (Å²) in [6.07, 6.45) is 1.14. The summed E-state index contributed by atoms with van der Waals surface area (Å²) in [5, 5.41) is 8.78. The fraction of sp³-hybridized carbons (Fsp3) is 0.0833. The van der Waals surface area contributed by atoms with Gasteiger partial charge in [0.05, 0.1) is 5.69 Å². The fourth-order valence-corrected chi connectivity index (χ4v) is 3.04. The van der Waals surface area contributed by atoms with Crippen LogP contribution in [0.1, 0.15) is 16.1 Å². The van der Waals surface area contributed by atoms with E-state index >= 15 is 0 Å². The number of hydrogen-bond acceptors (Lipinski definition) is 3. The van der Waals surface area contributed by atoms with Crippen LogP contribution in [0, 0.1) is 6.92 Å². The molecule has 1 heterocycles. The molecule has 0 saturated carbocycles.